The van der Waals surface area contributed by atoms with E-state index < -0.39 is 0 Å². The summed E-state index contributed by atoms with van der Waals surface area (Å²) in [6.45, 7) is 3.57. The zero-order valence-corrected chi connectivity index (χ0v) is 12.6. The minimum Gasteiger partial charge on any atom is -0.805 e. The summed E-state index contributed by atoms with van der Waals surface area (Å²) in [5.74, 6) is 0. The molecule has 0 fully saturated rings. The SMILES string of the molecule is Cc1ccc2c(c1)[n+](=O)c(Sc1ccccc1)c(C)n2[O-]. The maximum atomic E-state index is 12.6. The normalized spacial score (nSPS) is 11.0. The molecule has 0 amide bonds. The van der Waals surface area contributed by atoms with Gasteiger partial charge in [-0.25, -0.2) is 0 Å². The summed E-state index contributed by atoms with van der Waals surface area (Å²) in [7, 11) is 0. The van der Waals surface area contributed by atoms with Crippen LogP contribution in [0.5, 0.6) is 0 Å². The molecule has 0 aliphatic rings. The van der Waals surface area contributed by atoms with Crippen LogP contribution < -0.4 is 4.43 Å². The molecule has 0 spiro atoms. The van der Waals surface area contributed by atoms with E-state index in [0.29, 0.717) is 21.8 Å². The molecule has 0 N–H and O–H groups in total. The molecule has 5 heteroatoms. The highest BCUT2D eigenvalue weighted by atomic mass is 32.2. The molecule has 0 aliphatic heterocycles. The van der Waals surface area contributed by atoms with Crippen molar-refractivity contribution in [3.8, 4) is 0 Å². The van der Waals surface area contributed by atoms with Gasteiger partial charge in [0.05, 0.1) is 10.1 Å². The summed E-state index contributed by atoms with van der Waals surface area (Å²) in [6.07, 6.45) is 0. The van der Waals surface area contributed by atoms with Crippen LogP contribution in [-0.2, 0) is 0 Å². The highest BCUT2D eigenvalue weighted by Crippen LogP contribution is 2.28. The fraction of sp³-hybridized carbons (Fsp3) is 0.125. The van der Waals surface area contributed by atoms with Gasteiger partial charge in [-0.15, -0.1) is 0 Å². The maximum absolute atomic E-state index is 12.6. The predicted octanol–water partition coefficient (Wildman–Crippen LogP) is 3.67. The molecule has 3 rings (SSSR count). The van der Waals surface area contributed by atoms with E-state index in [2.05, 4.69) is 0 Å². The zero-order valence-electron chi connectivity index (χ0n) is 11.7. The van der Waals surface area contributed by atoms with Crippen molar-refractivity contribution >= 4 is 22.8 Å². The van der Waals surface area contributed by atoms with Gasteiger partial charge < -0.3 is 9.94 Å². The molecule has 0 saturated heterocycles. The van der Waals surface area contributed by atoms with Crippen molar-refractivity contribution in [1.82, 2.24) is 4.73 Å². The van der Waals surface area contributed by atoms with Crippen molar-refractivity contribution in [2.24, 2.45) is 0 Å². The summed E-state index contributed by atoms with van der Waals surface area (Å²) in [5, 5.41) is 12.8. The van der Waals surface area contributed by atoms with Gasteiger partial charge in [-0.05, 0) is 49.4 Å². The lowest BCUT2D eigenvalue weighted by atomic mass is 10.2. The highest BCUT2D eigenvalue weighted by molar-refractivity contribution is 7.99. The van der Waals surface area contributed by atoms with Gasteiger partial charge in [0.25, 0.3) is 5.52 Å². The average Bonchev–Trinajstić information content (AvgIpc) is 2.50. The van der Waals surface area contributed by atoms with Crippen molar-refractivity contribution < 1.29 is 4.43 Å². The Morgan fingerprint density at radius 1 is 1.10 bits per heavy atom. The lowest BCUT2D eigenvalue weighted by Gasteiger charge is -2.16. The van der Waals surface area contributed by atoms with Crippen molar-refractivity contribution in [1.29, 1.82) is 0 Å². The summed E-state index contributed by atoms with van der Waals surface area (Å²) >= 11 is 1.31. The Morgan fingerprint density at radius 2 is 1.81 bits per heavy atom. The maximum Gasteiger partial charge on any atom is 0.320 e. The highest BCUT2D eigenvalue weighted by Gasteiger charge is 2.21. The third-order valence-electron chi connectivity index (χ3n) is 3.32. The van der Waals surface area contributed by atoms with E-state index in [0.717, 1.165) is 19.6 Å². The second-order valence-electron chi connectivity index (χ2n) is 4.89. The van der Waals surface area contributed by atoms with Crippen LogP contribution in [0.3, 0.4) is 0 Å². The van der Waals surface area contributed by atoms with E-state index >= 15 is 0 Å². The van der Waals surface area contributed by atoms with E-state index in [4.69, 9.17) is 0 Å². The first kappa shape index (κ1) is 13.7. The first-order valence-corrected chi connectivity index (χ1v) is 7.38. The van der Waals surface area contributed by atoms with Gasteiger partial charge in [0.1, 0.15) is 5.52 Å². The van der Waals surface area contributed by atoms with Gasteiger partial charge >= 0.3 is 5.03 Å². The van der Waals surface area contributed by atoms with Crippen molar-refractivity contribution in [2.75, 3.05) is 0 Å². The lowest BCUT2D eigenvalue weighted by molar-refractivity contribution is -0.510. The standard InChI is InChI=1S/C16H14N2O2S/c1-11-8-9-14-15(10-11)18(20)16(12(2)17(14)19)21-13-6-4-3-5-7-13/h3-10H,1-2H3. The van der Waals surface area contributed by atoms with Gasteiger partial charge in [0, 0.05) is 15.9 Å². The second-order valence-corrected chi connectivity index (χ2v) is 5.95. The summed E-state index contributed by atoms with van der Waals surface area (Å²) < 4.78 is 1.68. The number of nitrogens with zero attached hydrogens (tertiary/aromatic N) is 2. The monoisotopic (exact) mass is 298 g/mol. The first-order chi connectivity index (χ1) is 10.1. The van der Waals surface area contributed by atoms with Crippen molar-refractivity contribution in [3.63, 3.8) is 0 Å². The molecule has 1 heterocycles. The average molecular weight is 298 g/mol. The summed E-state index contributed by atoms with van der Waals surface area (Å²) in [4.78, 5) is 13.5. The largest absolute Gasteiger partial charge is 0.805 e. The Morgan fingerprint density at radius 3 is 2.52 bits per heavy atom. The van der Waals surface area contributed by atoms with E-state index in [1.807, 2.05) is 43.3 Å². The molecule has 0 bridgehead atoms. The summed E-state index contributed by atoms with van der Waals surface area (Å²) in [6, 6.07) is 14.8. The Labute approximate surface area is 126 Å². The van der Waals surface area contributed by atoms with E-state index in [1.165, 1.54) is 11.8 Å². The zero-order chi connectivity index (χ0) is 15.0. The van der Waals surface area contributed by atoms with Crippen LogP contribution in [0.15, 0.2) is 58.5 Å². The van der Waals surface area contributed by atoms with Crippen LogP contribution in [0, 0.1) is 24.0 Å². The van der Waals surface area contributed by atoms with Crippen LogP contribution in [0.25, 0.3) is 11.0 Å². The molecule has 0 radical (unpaired) electrons. The van der Waals surface area contributed by atoms with Gasteiger partial charge in [-0.1, -0.05) is 24.3 Å². The second kappa shape index (κ2) is 5.26. The number of rotatable bonds is 2. The topological polar surface area (TPSA) is 51.0 Å². The Balaban J connectivity index is 2.25. The lowest BCUT2D eigenvalue weighted by Crippen LogP contribution is -2.23. The number of aryl methyl sites for hydroxylation is 1. The van der Waals surface area contributed by atoms with Gasteiger partial charge in [-0.2, -0.15) is 0 Å². The van der Waals surface area contributed by atoms with Crippen LogP contribution in [0.2, 0.25) is 0 Å². The molecule has 21 heavy (non-hydrogen) atoms. The third kappa shape index (κ3) is 2.40. The van der Waals surface area contributed by atoms with Crippen molar-refractivity contribution in [2.45, 2.75) is 23.8 Å². The molecule has 106 valence electrons. The molecule has 3 aromatic rings. The number of hydrogen-bond acceptors (Lipinski definition) is 3. The van der Waals surface area contributed by atoms with E-state index in [-0.39, 0.29) is 0 Å². The van der Waals surface area contributed by atoms with E-state index in [1.54, 1.807) is 19.1 Å². The minimum absolute atomic E-state index is 0.394. The fourth-order valence-corrected chi connectivity index (χ4v) is 3.14. The van der Waals surface area contributed by atoms with Gasteiger partial charge in [0.15, 0.2) is 0 Å². The first-order valence-electron chi connectivity index (χ1n) is 6.57. The molecule has 4 nitrogen and oxygen atoms in total. The van der Waals surface area contributed by atoms with Crippen molar-refractivity contribution in [3.05, 3.63) is 69.9 Å². The molecular weight excluding hydrogens is 284 g/mol. The molecule has 0 saturated carbocycles. The van der Waals surface area contributed by atoms with Crippen LogP contribution >= 0.6 is 11.8 Å². The number of aromatic nitrogens is 2. The number of fused-ring (bicyclic) bond motifs is 1. The number of hydrogen-bond donors (Lipinski definition) is 0. The minimum atomic E-state index is 0.394. The smallest absolute Gasteiger partial charge is 0.320 e. The fourth-order valence-electron chi connectivity index (χ4n) is 2.21. The van der Waals surface area contributed by atoms with Crippen LogP contribution in [0.4, 0.5) is 0 Å². The molecule has 2 aromatic carbocycles. The van der Waals surface area contributed by atoms with Crippen LogP contribution in [0.1, 0.15) is 11.3 Å². The van der Waals surface area contributed by atoms with E-state index in [9.17, 15) is 10.1 Å². The quantitative estimate of drug-likeness (QED) is 0.678. The molecule has 1 aromatic heterocycles. The molecular formula is C16H14N2O2S. The molecule has 0 aliphatic carbocycles. The Hall–Kier alpha value is -2.27. The summed E-state index contributed by atoms with van der Waals surface area (Å²) in [5.41, 5.74) is 2.15. The Bertz CT molecular complexity index is 873. The molecule has 0 unspecified atom stereocenters. The number of benzene rings is 2. The van der Waals surface area contributed by atoms with Gasteiger partial charge in [0.2, 0.25) is 0 Å². The van der Waals surface area contributed by atoms with Gasteiger partial charge in [-0.3, -0.25) is 0 Å². The predicted molar refractivity (Wildman–Crippen MR) is 84.1 cm³/mol. The Kier molecular flexibility index (Phi) is 3.43. The molecule has 0 atom stereocenters. The third-order valence-corrected chi connectivity index (χ3v) is 4.49. The van der Waals surface area contributed by atoms with Crippen LogP contribution in [-0.4, -0.2) is 4.73 Å².